The summed E-state index contributed by atoms with van der Waals surface area (Å²) < 4.78 is 6.64. The summed E-state index contributed by atoms with van der Waals surface area (Å²) >= 11 is 0. The van der Waals surface area contributed by atoms with E-state index >= 15 is 0 Å². The molecule has 0 aliphatic heterocycles. The number of aryl methyl sites for hydroxylation is 2. The lowest BCUT2D eigenvalue weighted by Crippen LogP contribution is -2.38. The molecule has 0 saturated heterocycles. The summed E-state index contributed by atoms with van der Waals surface area (Å²) in [4.78, 5) is 45.7. The van der Waals surface area contributed by atoms with Crippen molar-refractivity contribution in [1.82, 2.24) is 14.5 Å². The van der Waals surface area contributed by atoms with Crippen LogP contribution in [0.1, 0.15) is 70.0 Å². The minimum atomic E-state index is -0.489. The fraction of sp³-hybridized carbons (Fsp3) is 0.448. The molecule has 0 radical (unpaired) electrons. The van der Waals surface area contributed by atoms with Crippen LogP contribution in [0.15, 0.2) is 47.3 Å². The summed E-state index contributed by atoms with van der Waals surface area (Å²) in [7, 11) is 0. The molecule has 0 aliphatic rings. The molecule has 0 bridgehead atoms. The quantitative estimate of drug-likeness (QED) is 0.360. The monoisotopic (exact) mass is 491 g/mol. The van der Waals surface area contributed by atoms with Gasteiger partial charge in [-0.1, -0.05) is 32.0 Å². The third-order valence-electron chi connectivity index (χ3n) is 6.51. The molecule has 3 rings (SSSR count). The average Bonchev–Trinajstić information content (AvgIpc) is 2.84. The molecule has 1 unspecified atom stereocenters. The topological polar surface area (TPSA) is 81.5 Å². The van der Waals surface area contributed by atoms with E-state index in [1.807, 2.05) is 57.2 Å². The molecule has 0 spiro atoms. The van der Waals surface area contributed by atoms with E-state index in [-0.39, 0.29) is 30.9 Å². The summed E-state index contributed by atoms with van der Waals surface area (Å²) in [6.45, 7) is 12.7. The highest BCUT2D eigenvalue weighted by Gasteiger charge is 2.27. The van der Waals surface area contributed by atoms with Gasteiger partial charge in [0.2, 0.25) is 5.91 Å². The molecule has 192 valence electrons. The first-order valence-electron chi connectivity index (χ1n) is 12.7. The number of amides is 1. The second-order valence-corrected chi connectivity index (χ2v) is 9.65. The van der Waals surface area contributed by atoms with Gasteiger partial charge in [0, 0.05) is 13.0 Å². The van der Waals surface area contributed by atoms with Gasteiger partial charge in [-0.05, 0) is 75.4 Å². The van der Waals surface area contributed by atoms with Gasteiger partial charge in [0.15, 0.2) is 0 Å². The molecule has 0 fully saturated rings. The van der Waals surface area contributed by atoms with E-state index in [2.05, 4.69) is 13.8 Å². The van der Waals surface area contributed by atoms with Gasteiger partial charge in [-0.25, -0.2) is 4.98 Å². The Labute approximate surface area is 213 Å². The molecular weight excluding hydrogens is 454 g/mol. The van der Waals surface area contributed by atoms with E-state index in [1.165, 1.54) is 0 Å². The Balaban J connectivity index is 2.12. The highest BCUT2D eigenvalue weighted by Crippen LogP contribution is 2.25. The Morgan fingerprint density at radius 2 is 1.75 bits per heavy atom. The predicted molar refractivity (Wildman–Crippen MR) is 142 cm³/mol. The first kappa shape index (κ1) is 27.1. The van der Waals surface area contributed by atoms with Crippen molar-refractivity contribution in [2.24, 2.45) is 5.92 Å². The molecular formula is C29H37N3O4. The van der Waals surface area contributed by atoms with Crippen LogP contribution in [0.2, 0.25) is 0 Å². The van der Waals surface area contributed by atoms with Crippen LogP contribution in [0.4, 0.5) is 0 Å². The summed E-state index contributed by atoms with van der Waals surface area (Å²) in [6, 6.07) is 12.7. The third kappa shape index (κ3) is 6.20. The smallest absolute Gasteiger partial charge is 0.306 e. The second-order valence-electron chi connectivity index (χ2n) is 9.65. The summed E-state index contributed by atoms with van der Waals surface area (Å²) in [5.41, 5.74) is 3.32. The van der Waals surface area contributed by atoms with E-state index in [1.54, 1.807) is 22.5 Å². The van der Waals surface area contributed by atoms with Crippen LogP contribution in [0, 0.1) is 19.8 Å². The number of carbonyl (C=O) groups is 2. The molecule has 3 aromatic rings. The van der Waals surface area contributed by atoms with Crippen molar-refractivity contribution in [3.05, 3.63) is 69.8 Å². The molecule has 1 amide bonds. The number of aromatic nitrogens is 2. The maximum atomic E-state index is 13.8. The van der Waals surface area contributed by atoms with E-state index in [4.69, 9.17) is 9.72 Å². The Kier molecular flexibility index (Phi) is 9.02. The van der Waals surface area contributed by atoms with Crippen LogP contribution < -0.4 is 5.56 Å². The number of nitrogens with zero attached hydrogens (tertiary/aromatic N) is 3. The Morgan fingerprint density at radius 3 is 2.42 bits per heavy atom. The number of esters is 1. The molecule has 7 heteroatoms. The van der Waals surface area contributed by atoms with Gasteiger partial charge in [0.05, 0.1) is 35.7 Å². The number of benzene rings is 2. The van der Waals surface area contributed by atoms with E-state index in [9.17, 15) is 14.4 Å². The van der Waals surface area contributed by atoms with Crippen LogP contribution in [0.25, 0.3) is 16.6 Å². The van der Waals surface area contributed by atoms with Crippen molar-refractivity contribution in [1.29, 1.82) is 0 Å². The minimum absolute atomic E-state index is 0.0205. The Morgan fingerprint density at radius 1 is 1.03 bits per heavy atom. The van der Waals surface area contributed by atoms with Crippen molar-refractivity contribution < 1.29 is 14.3 Å². The number of para-hydroxylation sites is 1. The van der Waals surface area contributed by atoms with Gasteiger partial charge < -0.3 is 9.64 Å². The minimum Gasteiger partial charge on any atom is -0.466 e. The van der Waals surface area contributed by atoms with Crippen LogP contribution in [0.5, 0.6) is 0 Å². The molecule has 2 aromatic carbocycles. The van der Waals surface area contributed by atoms with Crippen LogP contribution in [0.3, 0.4) is 0 Å². The number of fused-ring (bicyclic) bond motifs is 1. The average molecular weight is 492 g/mol. The van der Waals surface area contributed by atoms with Crippen molar-refractivity contribution in [3.8, 4) is 5.69 Å². The molecule has 0 saturated carbocycles. The Hall–Kier alpha value is -3.48. The van der Waals surface area contributed by atoms with Crippen molar-refractivity contribution >= 4 is 22.8 Å². The lowest BCUT2D eigenvalue weighted by molar-refractivity contribution is -0.146. The van der Waals surface area contributed by atoms with Crippen LogP contribution in [-0.2, 0) is 14.3 Å². The van der Waals surface area contributed by atoms with Gasteiger partial charge >= 0.3 is 5.97 Å². The number of carbonyl (C=O) groups excluding carboxylic acids is 2. The number of ether oxygens (including phenoxy) is 1. The summed E-state index contributed by atoms with van der Waals surface area (Å²) in [5.74, 6) is 0.322. The van der Waals surface area contributed by atoms with Gasteiger partial charge in [-0.3, -0.25) is 19.0 Å². The number of rotatable bonds is 10. The molecule has 1 heterocycles. The van der Waals surface area contributed by atoms with E-state index in [0.717, 1.165) is 17.5 Å². The number of hydrogen-bond donors (Lipinski definition) is 0. The summed E-state index contributed by atoms with van der Waals surface area (Å²) in [5, 5.41) is 0.522. The SMILES string of the molecule is CCOC(=O)CCC(=O)N(CCC(C)C)C(C)c1nc2ccccc2c(=O)n1-c1ccc(C)c(C)c1. The molecule has 1 atom stereocenters. The van der Waals surface area contributed by atoms with Gasteiger partial charge in [0.1, 0.15) is 5.82 Å². The standard InChI is InChI=1S/C29H37N3O4/c1-7-36-27(34)15-14-26(33)31(17-16-19(2)3)22(6)28-30-25-11-9-8-10-24(25)29(35)32(28)23-13-12-20(4)21(5)18-23/h8-13,18-19,22H,7,14-17H2,1-6H3. The highest BCUT2D eigenvalue weighted by molar-refractivity contribution is 5.82. The second kappa shape index (κ2) is 12.0. The normalized spacial score (nSPS) is 12.1. The van der Waals surface area contributed by atoms with E-state index < -0.39 is 12.0 Å². The van der Waals surface area contributed by atoms with E-state index in [0.29, 0.717) is 34.9 Å². The lowest BCUT2D eigenvalue weighted by Gasteiger charge is -2.31. The molecule has 1 aromatic heterocycles. The van der Waals surface area contributed by atoms with Crippen LogP contribution >= 0.6 is 0 Å². The fourth-order valence-electron chi connectivity index (χ4n) is 4.20. The lowest BCUT2D eigenvalue weighted by atomic mass is 10.1. The Bertz CT molecular complexity index is 1300. The summed E-state index contributed by atoms with van der Waals surface area (Å²) in [6.07, 6.45) is 0.854. The van der Waals surface area contributed by atoms with Crippen molar-refractivity contribution in [2.75, 3.05) is 13.2 Å². The predicted octanol–water partition coefficient (Wildman–Crippen LogP) is 5.28. The van der Waals surface area contributed by atoms with Gasteiger partial charge in [-0.2, -0.15) is 0 Å². The zero-order valence-corrected chi connectivity index (χ0v) is 22.2. The van der Waals surface area contributed by atoms with Gasteiger partial charge in [0.25, 0.3) is 5.56 Å². The zero-order chi connectivity index (χ0) is 26.4. The molecule has 0 N–H and O–H groups in total. The first-order valence-corrected chi connectivity index (χ1v) is 12.7. The van der Waals surface area contributed by atoms with Crippen molar-refractivity contribution in [2.45, 2.75) is 66.8 Å². The molecule has 0 aliphatic carbocycles. The highest BCUT2D eigenvalue weighted by atomic mass is 16.5. The largest absolute Gasteiger partial charge is 0.466 e. The maximum absolute atomic E-state index is 13.8. The first-order chi connectivity index (χ1) is 17.1. The maximum Gasteiger partial charge on any atom is 0.306 e. The zero-order valence-electron chi connectivity index (χ0n) is 22.2. The number of hydrogen-bond acceptors (Lipinski definition) is 5. The van der Waals surface area contributed by atoms with Crippen LogP contribution in [-0.4, -0.2) is 39.5 Å². The fourth-order valence-corrected chi connectivity index (χ4v) is 4.20. The molecule has 36 heavy (non-hydrogen) atoms. The van der Waals surface area contributed by atoms with Gasteiger partial charge in [-0.15, -0.1) is 0 Å². The van der Waals surface area contributed by atoms with Crippen molar-refractivity contribution in [3.63, 3.8) is 0 Å². The third-order valence-corrected chi connectivity index (χ3v) is 6.51. The molecule has 7 nitrogen and oxygen atoms in total.